The quantitative estimate of drug-likeness (QED) is 0.776. The zero-order valence-electron chi connectivity index (χ0n) is 7.57. The molecule has 1 aliphatic rings. The molecular weight excluding hydrogens is 258 g/mol. The second-order valence-corrected chi connectivity index (χ2v) is 5.41. The molecule has 1 aromatic rings. The summed E-state index contributed by atoms with van der Waals surface area (Å²) in [5.74, 6) is 0. The van der Waals surface area contributed by atoms with Crippen molar-refractivity contribution in [1.82, 2.24) is 0 Å². The van der Waals surface area contributed by atoms with E-state index in [-0.39, 0.29) is 5.41 Å². The van der Waals surface area contributed by atoms with Gasteiger partial charge in [0.1, 0.15) is 0 Å². The second-order valence-electron chi connectivity index (χ2n) is 3.77. The Kier molecular flexibility index (Phi) is 2.59. The van der Waals surface area contributed by atoms with Crippen molar-refractivity contribution in [3.63, 3.8) is 0 Å². The summed E-state index contributed by atoms with van der Waals surface area (Å²) in [4.78, 5) is 0. The summed E-state index contributed by atoms with van der Waals surface area (Å²) in [6.45, 7) is 0. The van der Waals surface area contributed by atoms with Crippen LogP contribution in [0.4, 0.5) is 0 Å². The standard InChI is InChI=1S/C11H10BrNS/c12-9-3-1-2-8(4-9)11(7-13)5-10(14)6-11/h1-4,10,14H,5-6H2. The molecule has 1 saturated carbocycles. The molecule has 0 radical (unpaired) electrons. The monoisotopic (exact) mass is 267 g/mol. The van der Waals surface area contributed by atoms with E-state index in [0.717, 1.165) is 22.9 Å². The van der Waals surface area contributed by atoms with Gasteiger partial charge >= 0.3 is 0 Å². The highest BCUT2D eigenvalue weighted by atomic mass is 79.9. The lowest BCUT2D eigenvalue weighted by molar-refractivity contribution is 0.339. The smallest absolute Gasteiger partial charge is 0.0843 e. The highest BCUT2D eigenvalue weighted by Crippen LogP contribution is 2.46. The van der Waals surface area contributed by atoms with E-state index in [1.54, 1.807) is 0 Å². The fraction of sp³-hybridized carbons (Fsp3) is 0.364. The van der Waals surface area contributed by atoms with Crippen LogP contribution in [0.3, 0.4) is 0 Å². The average Bonchev–Trinajstić information content (AvgIpc) is 2.12. The first-order valence-corrected chi connectivity index (χ1v) is 5.83. The first kappa shape index (κ1) is 10.1. The van der Waals surface area contributed by atoms with Gasteiger partial charge in [0.25, 0.3) is 0 Å². The van der Waals surface area contributed by atoms with Gasteiger partial charge in [0.15, 0.2) is 0 Å². The van der Waals surface area contributed by atoms with Gasteiger partial charge in [-0.3, -0.25) is 0 Å². The SMILES string of the molecule is N#CC1(c2cccc(Br)c2)CC(S)C1. The third-order valence-corrected chi connectivity index (χ3v) is 3.62. The molecule has 0 amide bonds. The van der Waals surface area contributed by atoms with Crippen LogP contribution in [0.1, 0.15) is 18.4 Å². The first-order chi connectivity index (χ1) is 6.66. The number of rotatable bonds is 1. The molecule has 14 heavy (non-hydrogen) atoms. The predicted molar refractivity (Wildman–Crippen MR) is 63.4 cm³/mol. The zero-order valence-corrected chi connectivity index (χ0v) is 10.1. The van der Waals surface area contributed by atoms with Crippen LogP contribution in [-0.4, -0.2) is 5.25 Å². The predicted octanol–water partition coefficient (Wildman–Crippen LogP) is 3.30. The average molecular weight is 268 g/mol. The Bertz CT molecular complexity index is 391. The van der Waals surface area contributed by atoms with E-state index in [2.05, 4.69) is 34.6 Å². The molecule has 0 heterocycles. The van der Waals surface area contributed by atoms with Crippen molar-refractivity contribution >= 4 is 28.6 Å². The Morgan fingerprint density at radius 3 is 2.71 bits per heavy atom. The molecule has 0 spiro atoms. The molecule has 0 N–H and O–H groups in total. The molecule has 72 valence electrons. The van der Waals surface area contributed by atoms with Gasteiger partial charge in [-0.15, -0.1) is 0 Å². The van der Waals surface area contributed by atoms with Crippen LogP contribution in [0.5, 0.6) is 0 Å². The minimum atomic E-state index is -0.282. The molecule has 0 atom stereocenters. The molecule has 0 aliphatic heterocycles. The van der Waals surface area contributed by atoms with Crippen LogP contribution in [0.15, 0.2) is 28.7 Å². The number of halogens is 1. The third-order valence-electron chi connectivity index (χ3n) is 2.76. The van der Waals surface area contributed by atoms with Crippen molar-refractivity contribution in [2.75, 3.05) is 0 Å². The molecule has 0 bridgehead atoms. The van der Waals surface area contributed by atoms with Gasteiger partial charge in [-0.05, 0) is 30.5 Å². The third kappa shape index (κ3) is 1.57. The molecule has 1 fully saturated rings. The number of benzene rings is 1. The number of hydrogen-bond acceptors (Lipinski definition) is 2. The molecule has 1 nitrogen and oxygen atoms in total. The van der Waals surface area contributed by atoms with E-state index < -0.39 is 0 Å². The summed E-state index contributed by atoms with van der Waals surface area (Å²) in [6, 6.07) is 10.4. The Morgan fingerprint density at radius 2 is 2.21 bits per heavy atom. The summed E-state index contributed by atoms with van der Waals surface area (Å²) in [5, 5.41) is 9.58. The summed E-state index contributed by atoms with van der Waals surface area (Å²) < 4.78 is 1.03. The topological polar surface area (TPSA) is 23.8 Å². The minimum Gasteiger partial charge on any atom is -0.197 e. The lowest BCUT2D eigenvalue weighted by Crippen LogP contribution is -2.40. The number of hydrogen-bond donors (Lipinski definition) is 1. The summed E-state index contributed by atoms with van der Waals surface area (Å²) in [7, 11) is 0. The largest absolute Gasteiger partial charge is 0.197 e. The summed E-state index contributed by atoms with van der Waals surface area (Å²) in [6.07, 6.45) is 1.73. The molecule has 1 aromatic carbocycles. The minimum absolute atomic E-state index is 0.282. The van der Waals surface area contributed by atoms with E-state index >= 15 is 0 Å². The fourth-order valence-corrected chi connectivity index (χ4v) is 2.94. The first-order valence-electron chi connectivity index (χ1n) is 4.52. The molecule has 3 heteroatoms. The van der Waals surface area contributed by atoms with Crippen LogP contribution < -0.4 is 0 Å². The van der Waals surface area contributed by atoms with Gasteiger partial charge in [-0.2, -0.15) is 17.9 Å². The van der Waals surface area contributed by atoms with Crippen molar-refractivity contribution in [3.8, 4) is 6.07 Å². The maximum atomic E-state index is 9.20. The Balaban J connectivity index is 2.35. The molecular formula is C11H10BrNS. The van der Waals surface area contributed by atoms with E-state index in [1.165, 1.54) is 0 Å². The van der Waals surface area contributed by atoms with E-state index in [0.29, 0.717) is 5.25 Å². The molecule has 0 aromatic heterocycles. The molecule has 1 aliphatic carbocycles. The highest BCUT2D eigenvalue weighted by molar-refractivity contribution is 9.10. The van der Waals surface area contributed by atoms with Gasteiger partial charge in [0, 0.05) is 9.72 Å². The Morgan fingerprint density at radius 1 is 1.50 bits per heavy atom. The fourth-order valence-electron chi connectivity index (χ4n) is 1.92. The normalized spacial score (nSPS) is 30.5. The number of thiol groups is 1. The second kappa shape index (κ2) is 3.60. The van der Waals surface area contributed by atoms with E-state index in [4.69, 9.17) is 0 Å². The van der Waals surface area contributed by atoms with Gasteiger partial charge in [-0.25, -0.2) is 0 Å². The van der Waals surface area contributed by atoms with Crippen molar-refractivity contribution < 1.29 is 0 Å². The zero-order chi connectivity index (χ0) is 10.2. The van der Waals surface area contributed by atoms with Gasteiger partial charge < -0.3 is 0 Å². The van der Waals surface area contributed by atoms with Gasteiger partial charge in [0.05, 0.1) is 11.5 Å². The van der Waals surface area contributed by atoms with Crippen molar-refractivity contribution in [2.45, 2.75) is 23.5 Å². The van der Waals surface area contributed by atoms with E-state index in [9.17, 15) is 5.26 Å². The lowest BCUT2D eigenvalue weighted by atomic mass is 9.65. The summed E-state index contributed by atoms with van der Waals surface area (Å²) >= 11 is 7.79. The van der Waals surface area contributed by atoms with Crippen LogP contribution in [0.25, 0.3) is 0 Å². The summed E-state index contributed by atoms with van der Waals surface area (Å²) in [5.41, 5.74) is 0.829. The maximum absolute atomic E-state index is 9.20. The van der Waals surface area contributed by atoms with Crippen LogP contribution in [0.2, 0.25) is 0 Å². The Hall–Kier alpha value is -0.460. The number of nitrogens with zero attached hydrogens (tertiary/aromatic N) is 1. The number of nitriles is 1. The van der Waals surface area contributed by atoms with Crippen LogP contribution in [-0.2, 0) is 5.41 Å². The molecule has 2 rings (SSSR count). The lowest BCUT2D eigenvalue weighted by Gasteiger charge is -2.40. The van der Waals surface area contributed by atoms with E-state index in [1.807, 2.05) is 24.3 Å². The molecule has 0 unspecified atom stereocenters. The van der Waals surface area contributed by atoms with Crippen molar-refractivity contribution in [1.29, 1.82) is 5.26 Å². The van der Waals surface area contributed by atoms with Crippen molar-refractivity contribution in [2.24, 2.45) is 0 Å². The van der Waals surface area contributed by atoms with Crippen LogP contribution in [0, 0.1) is 11.3 Å². The van der Waals surface area contributed by atoms with Gasteiger partial charge in [0.2, 0.25) is 0 Å². The van der Waals surface area contributed by atoms with Crippen molar-refractivity contribution in [3.05, 3.63) is 34.3 Å². The highest BCUT2D eigenvalue weighted by Gasteiger charge is 2.44. The Labute approximate surface area is 97.7 Å². The van der Waals surface area contributed by atoms with Gasteiger partial charge in [-0.1, -0.05) is 28.1 Å². The van der Waals surface area contributed by atoms with Crippen LogP contribution >= 0.6 is 28.6 Å². The maximum Gasteiger partial charge on any atom is 0.0843 e. The molecule has 0 saturated heterocycles.